The highest BCUT2D eigenvalue weighted by Gasteiger charge is 1.94. The van der Waals surface area contributed by atoms with Crippen LogP contribution < -0.4 is 10.5 Å². The van der Waals surface area contributed by atoms with Crippen molar-refractivity contribution < 1.29 is 17.7 Å². The summed E-state index contributed by atoms with van der Waals surface area (Å²) in [6.07, 6.45) is 1.64. The van der Waals surface area contributed by atoms with Crippen molar-refractivity contribution in [3.8, 4) is 5.75 Å². The third-order valence-electron chi connectivity index (χ3n) is 2.38. The molecule has 0 radical (unpaired) electrons. The summed E-state index contributed by atoms with van der Waals surface area (Å²) in [6.45, 7) is 0.688. The average Bonchev–Trinajstić information content (AvgIpc) is 2.40. The molecule has 6 heteroatoms. The van der Waals surface area contributed by atoms with Crippen LogP contribution in [0.4, 0.5) is 5.69 Å². The van der Waals surface area contributed by atoms with E-state index < -0.39 is 10.1 Å². The summed E-state index contributed by atoms with van der Waals surface area (Å²) in [5.74, 6) is 0.866. The van der Waals surface area contributed by atoms with E-state index in [1.54, 1.807) is 0 Å². The molecular formula is C15H19NO4S. The first-order valence-corrected chi connectivity index (χ1v) is 8.14. The predicted octanol–water partition coefficient (Wildman–Crippen LogP) is 2.39. The summed E-state index contributed by atoms with van der Waals surface area (Å²) >= 11 is 0. The first kappa shape index (κ1) is 17.0. The molecule has 0 aliphatic rings. The van der Waals surface area contributed by atoms with E-state index in [4.69, 9.17) is 15.0 Å². The molecule has 0 fully saturated rings. The molecule has 21 heavy (non-hydrogen) atoms. The Bertz CT molecular complexity index is 616. The Labute approximate surface area is 125 Å². The number of nitrogens with two attached hydrogens (primary N) is 1. The van der Waals surface area contributed by atoms with Gasteiger partial charge >= 0.3 is 0 Å². The van der Waals surface area contributed by atoms with E-state index >= 15 is 0 Å². The molecule has 2 aromatic carbocycles. The fraction of sp³-hybridized carbons (Fsp3) is 0.200. The van der Waals surface area contributed by atoms with Crippen LogP contribution in [0.3, 0.4) is 0 Å². The molecule has 114 valence electrons. The van der Waals surface area contributed by atoms with Crippen LogP contribution in [0.2, 0.25) is 0 Å². The maximum Gasteiger partial charge on any atom is 0.261 e. The maximum atomic E-state index is 9.19. The zero-order valence-electron chi connectivity index (χ0n) is 11.8. The molecule has 5 nitrogen and oxygen atoms in total. The van der Waals surface area contributed by atoms with Gasteiger partial charge in [0, 0.05) is 12.1 Å². The quantitative estimate of drug-likeness (QED) is 0.668. The van der Waals surface area contributed by atoms with Crippen molar-refractivity contribution >= 4 is 15.8 Å². The van der Waals surface area contributed by atoms with Crippen LogP contribution in [0.25, 0.3) is 0 Å². The monoisotopic (exact) mass is 309 g/mol. The van der Waals surface area contributed by atoms with Crippen molar-refractivity contribution in [2.75, 3.05) is 18.6 Å². The Morgan fingerprint density at radius 3 is 2.10 bits per heavy atom. The number of hydrogen-bond donors (Lipinski definition) is 2. The lowest BCUT2D eigenvalue weighted by Crippen LogP contribution is -2.01. The van der Waals surface area contributed by atoms with Gasteiger partial charge in [0.2, 0.25) is 0 Å². The van der Waals surface area contributed by atoms with Gasteiger partial charge in [-0.3, -0.25) is 4.55 Å². The smallest absolute Gasteiger partial charge is 0.261 e. The highest BCUT2D eigenvalue weighted by molar-refractivity contribution is 7.85. The fourth-order valence-corrected chi connectivity index (χ4v) is 1.50. The molecule has 2 rings (SSSR count). The van der Waals surface area contributed by atoms with Crippen molar-refractivity contribution in [2.24, 2.45) is 0 Å². The number of ether oxygens (including phenoxy) is 1. The van der Waals surface area contributed by atoms with Crippen LogP contribution in [0.5, 0.6) is 5.75 Å². The van der Waals surface area contributed by atoms with Gasteiger partial charge in [0.25, 0.3) is 10.1 Å². The highest BCUT2D eigenvalue weighted by Crippen LogP contribution is 2.13. The van der Waals surface area contributed by atoms with E-state index in [-0.39, 0.29) is 0 Å². The van der Waals surface area contributed by atoms with Gasteiger partial charge in [-0.1, -0.05) is 30.3 Å². The second-order valence-corrected chi connectivity index (χ2v) is 5.85. The van der Waals surface area contributed by atoms with Crippen molar-refractivity contribution in [3.63, 3.8) is 0 Å². The largest absolute Gasteiger partial charge is 0.493 e. The lowest BCUT2D eigenvalue weighted by molar-refractivity contribution is 0.322. The average molecular weight is 309 g/mol. The van der Waals surface area contributed by atoms with Crippen molar-refractivity contribution in [1.82, 2.24) is 0 Å². The van der Waals surface area contributed by atoms with E-state index in [0.717, 1.165) is 17.9 Å². The van der Waals surface area contributed by atoms with Crippen LogP contribution in [0, 0.1) is 0 Å². The molecule has 0 heterocycles. The number of benzene rings is 2. The number of rotatable bonds is 4. The molecule has 0 atom stereocenters. The van der Waals surface area contributed by atoms with Crippen LogP contribution in [0.15, 0.2) is 54.6 Å². The third-order valence-corrected chi connectivity index (χ3v) is 2.38. The first-order chi connectivity index (χ1) is 9.84. The van der Waals surface area contributed by atoms with Crippen LogP contribution in [0.1, 0.15) is 5.56 Å². The Balaban J connectivity index is 0.000000383. The zero-order chi connectivity index (χ0) is 15.7. The Kier molecular flexibility index (Phi) is 6.71. The standard InChI is InChI=1S/C14H15NO.CH4O3S/c15-13-6-8-14(9-7-13)16-11-10-12-4-2-1-3-5-12;1-5(2,3)4/h1-9H,10-11,15H2;1H3,(H,2,3,4). The van der Waals surface area contributed by atoms with Gasteiger partial charge in [-0.05, 0) is 29.8 Å². The second-order valence-electron chi connectivity index (χ2n) is 4.39. The lowest BCUT2D eigenvalue weighted by Gasteiger charge is -2.06. The molecule has 0 aliphatic carbocycles. The minimum atomic E-state index is -3.67. The minimum Gasteiger partial charge on any atom is -0.493 e. The van der Waals surface area contributed by atoms with Crippen LogP contribution in [-0.4, -0.2) is 25.8 Å². The normalized spacial score (nSPS) is 10.4. The molecular weight excluding hydrogens is 290 g/mol. The zero-order valence-corrected chi connectivity index (χ0v) is 12.6. The Morgan fingerprint density at radius 1 is 1.05 bits per heavy atom. The summed E-state index contributed by atoms with van der Waals surface area (Å²) < 4.78 is 31.5. The maximum absolute atomic E-state index is 9.19. The predicted molar refractivity (Wildman–Crippen MR) is 84.0 cm³/mol. The number of nitrogen functional groups attached to an aromatic ring is 1. The van der Waals surface area contributed by atoms with Gasteiger partial charge in [-0.2, -0.15) is 8.42 Å². The van der Waals surface area contributed by atoms with Gasteiger partial charge in [-0.25, -0.2) is 0 Å². The molecule has 2 aromatic rings. The van der Waals surface area contributed by atoms with E-state index in [2.05, 4.69) is 12.1 Å². The summed E-state index contributed by atoms with van der Waals surface area (Å²) in [5, 5.41) is 0. The van der Waals surface area contributed by atoms with Crippen LogP contribution >= 0.6 is 0 Å². The van der Waals surface area contributed by atoms with Gasteiger partial charge < -0.3 is 10.5 Å². The van der Waals surface area contributed by atoms with E-state index in [1.807, 2.05) is 42.5 Å². The van der Waals surface area contributed by atoms with Gasteiger partial charge in [0.15, 0.2) is 0 Å². The van der Waals surface area contributed by atoms with Gasteiger partial charge in [-0.15, -0.1) is 0 Å². The SMILES string of the molecule is CS(=O)(=O)O.Nc1ccc(OCCc2ccccc2)cc1. The van der Waals surface area contributed by atoms with Crippen LogP contribution in [-0.2, 0) is 16.5 Å². The molecule has 0 unspecified atom stereocenters. The molecule has 0 amide bonds. The minimum absolute atomic E-state index is 0.688. The molecule has 0 spiro atoms. The van der Waals surface area contributed by atoms with Gasteiger partial charge in [0.1, 0.15) is 5.75 Å². The highest BCUT2D eigenvalue weighted by atomic mass is 32.2. The van der Waals surface area contributed by atoms with Gasteiger partial charge in [0.05, 0.1) is 12.9 Å². The topological polar surface area (TPSA) is 89.6 Å². The van der Waals surface area contributed by atoms with Crippen molar-refractivity contribution in [1.29, 1.82) is 0 Å². The fourth-order valence-electron chi connectivity index (χ4n) is 1.50. The summed E-state index contributed by atoms with van der Waals surface area (Å²) in [5.41, 5.74) is 7.64. The van der Waals surface area contributed by atoms with E-state index in [9.17, 15) is 8.42 Å². The summed E-state index contributed by atoms with van der Waals surface area (Å²) in [4.78, 5) is 0. The molecule has 0 saturated heterocycles. The number of hydrogen-bond acceptors (Lipinski definition) is 4. The molecule has 3 N–H and O–H groups in total. The molecule has 0 bridgehead atoms. The van der Waals surface area contributed by atoms with E-state index in [1.165, 1.54) is 5.56 Å². The molecule has 0 aliphatic heterocycles. The Morgan fingerprint density at radius 2 is 1.57 bits per heavy atom. The van der Waals surface area contributed by atoms with E-state index in [0.29, 0.717) is 12.9 Å². The first-order valence-electron chi connectivity index (χ1n) is 6.29. The summed E-state index contributed by atoms with van der Waals surface area (Å²) in [7, 11) is -3.67. The lowest BCUT2D eigenvalue weighted by atomic mass is 10.2. The molecule has 0 aromatic heterocycles. The molecule has 0 saturated carbocycles. The third kappa shape index (κ3) is 9.48. The van der Waals surface area contributed by atoms with Crippen molar-refractivity contribution in [3.05, 3.63) is 60.2 Å². The summed E-state index contributed by atoms with van der Waals surface area (Å²) in [6, 6.07) is 17.8. The number of anilines is 1. The second kappa shape index (κ2) is 8.28. The van der Waals surface area contributed by atoms with Crippen molar-refractivity contribution in [2.45, 2.75) is 6.42 Å². The Hall–Kier alpha value is -2.05.